The Hall–Kier alpha value is -3.09. The van der Waals surface area contributed by atoms with Gasteiger partial charge in [0, 0.05) is 12.6 Å². The molecule has 0 bridgehead atoms. The molecule has 0 unspecified atom stereocenters. The van der Waals surface area contributed by atoms with Gasteiger partial charge in [0.25, 0.3) is 5.91 Å². The van der Waals surface area contributed by atoms with Gasteiger partial charge in [-0.1, -0.05) is 24.3 Å². The Morgan fingerprint density at radius 1 is 1.08 bits per heavy atom. The molecule has 0 aliphatic rings. The summed E-state index contributed by atoms with van der Waals surface area (Å²) in [7, 11) is 0. The molecule has 0 saturated heterocycles. The maximum Gasteiger partial charge on any atom is 0.273 e. The highest BCUT2D eigenvalue weighted by Gasteiger charge is 2.12. The highest BCUT2D eigenvalue weighted by molar-refractivity contribution is 5.91. The molecule has 1 heterocycles. The van der Waals surface area contributed by atoms with Crippen molar-refractivity contribution < 1.29 is 13.6 Å². The molecule has 0 radical (unpaired) electrons. The first kappa shape index (κ1) is 16.8. The molecule has 2 aromatic carbocycles. The van der Waals surface area contributed by atoms with E-state index in [1.54, 1.807) is 0 Å². The maximum atomic E-state index is 13.1. The number of aromatic nitrogens is 3. The summed E-state index contributed by atoms with van der Waals surface area (Å²) >= 11 is 0. The lowest BCUT2D eigenvalue weighted by Crippen LogP contribution is -2.23. The quantitative estimate of drug-likeness (QED) is 0.775. The molecular formula is C18H16F2N4O. The Morgan fingerprint density at radius 3 is 2.40 bits per heavy atom. The topological polar surface area (TPSA) is 59.8 Å². The van der Waals surface area contributed by atoms with Gasteiger partial charge in [-0.15, -0.1) is 5.10 Å². The van der Waals surface area contributed by atoms with Crippen molar-refractivity contribution in [2.75, 3.05) is 0 Å². The van der Waals surface area contributed by atoms with Gasteiger partial charge < -0.3 is 5.32 Å². The van der Waals surface area contributed by atoms with Gasteiger partial charge in [0.05, 0.1) is 11.9 Å². The molecule has 0 saturated carbocycles. The Morgan fingerprint density at radius 2 is 1.76 bits per heavy atom. The van der Waals surface area contributed by atoms with Crippen molar-refractivity contribution in [1.82, 2.24) is 20.3 Å². The monoisotopic (exact) mass is 342 g/mol. The summed E-state index contributed by atoms with van der Waals surface area (Å²) in [5, 5.41) is 10.3. The van der Waals surface area contributed by atoms with Gasteiger partial charge in [-0.25, -0.2) is 13.5 Å². The molecule has 0 aliphatic carbocycles. The van der Waals surface area contributed by atoms with Gasteiger partial charge in [0.1, 0.15) is 11.6 Å². The summed E-state index contributed by atoms with van der Waals surface area (Å²) in [6.45, 7) is 2.06. The SMILES string of the molecule is CCc1ccc(-n2cc(C(=O)NCc3cc(F)cc(F)c3)nn2)cc1. The normalized spacial score (nSPS) is 10.7. The Labute approximate surface area is 143 Å². The lowest BCUT2D eigenvalue weighted by molar-refractivity contribution is 0.0945. The molecule has 5 nitrogen and oxygen atoms in total. The van der Waals surface area contributed by atoms with Crippen molar-refractivity contribution in [3.8, 4) is 5.69 Å². The number of hydrogen-bond acceptors (Lipinski definition) is 3. The van der Waals surface area contributed by atoms with Crippen LogP contribution >= 0.6 is 0 Å². The average molecular weight is 342 g/mol. The van der Waals surface area contributed by atoms with Gasteiger partial charge >= 0.3 is 0 Å². The van der Waals surface area contributed by atoms with Crippen LogP contribution in [0.25, 0.3) is 5.69 Å². The van der Waals surface area contributed by atoms with E-state index in [-0.39, 0.29) is 12.2 Å². The lowest BCUT2D eigenvalue weighted by Gasteiger charge is -2.04. The van der Waals surface area contributed by atoms with E-state index in [9.17, 15) is 13.6 Å². The number of aryl methyl sites for hydroxylation is 1. The molecule has 128 valence electrons. The second-order valence-corrected chi connectivity index (χ2v) is 5.53. The van der Waals surface area contributed by atoms with Crippen LogP contribution in [-0.4, -0.2) is 20.9 Å². The molecule has 3 rings (SSSR count). The molecule has 3 aromatic rings. The minimum atomic E-state index is -0.689. The van der Waals surface area contributed by atoms with Crippen LogP contribution in [0.3, 0.4) is 0 Å². The number of amides is 1. The molecule has 1 amide bonds. The predicted molar refractivity (Wildman–Crippen MR) is 88.3 cm³/mol. The number of carbonyl (C=O) groups is 1. The predicted octanol–water partition coefficient (Wildman–Crippen LogP) is 3.04. The van der Waals surface area contributed by atoms with Crippen LogP contribution in [-0.2, 0) is 13.0 Å². The first-order valence-corrected chi connectivity index (χ1v) is 7.80. The minimum absolute atomic E-state index is 0.00836. The molecular weight excluding hydrogens is 326 g/mol. The number of carbonyl (C=O) groups excluding carboxylic acids is 1. The van der Waals surface area contributed by atoms with Crippen molar-refractivity contribution >= 4 is 5.91 Å². The average Bonchev–Trinajstić information content (AvgIpc) is 3.09. The van der Waals surface area contributed by atoms with Crippen LogP contribution in [0.15, 0.2) is 48.7 Å². The van der Waals surface area contributed by atoms with Crippen LogP contribution in [0.2, 0.25) is 0 Å². The standard InChI is InChI=1S/C18H16F2N4O/c1-2-12-3-5-16(6-4-12)24-11-17(22-23-24)18(25)21-10-13-7-14(19)9-15(20)8-13/h3-9,11H,2,10H2,1H3,(H,21,25). The molecule has 7 heteroatoms. The highest BCUT2D eigenvalue weighted by Crippen LogP contribution is 2.10. The number of rotatable bonds is 5. The highest BCUT2D eigenvalue weighted by atomic mass is 19.1. The minimum Gasteiger partial charge on any atom is -0.347 e. The van der Waals surface area contributed by atoms with E-state index >= 15 is 0 Å². The zero-order valence-electron chi connectivity index (χ0n) is 13.5. The van der Waals surface area contributed by atoms with E-state index < -0.39 is 17.5 Å². The van der Waals surface area contributed by atoms with E-state index in [1.807, 2.05) is 24.3 Å². The van der Waals surface area contributed by atoms with E-state index in [2.05, 4.69) is 22.6 Å². The zero-order chi connectivity index (χ0) is 17.8. The maximum absolute atomic E-state index is 13.1. The third kappa shape index (κ3) is 4.06. The van der Waals surface area contributed by atoms with Crippen LogP contribution in [0.5, 0.6) is 0 Å². The van der Waals surface area contributed by atoms with Gasteiger partial charge in [0.2, 0.25) is 0 Å². The van der Waals surface area contributed by atoms with Crippen molar-refractivity contribution in [2.45, 2.75) is 19.9 Å². The molecule has 0 aliphatic heterocycles. The number of benzene rings is 2. The molecule has 1 N–H and O–H groups in total. The number of nitrogens with one attached hydrogen (secondary N) is 1. The second-order valence-electron chi connectivity index (χ2n) is 5.53. The Kier molecular flexibility index (Phi) is 4.83. The van der Waals surface area contributed by atoms with Gasteiger partial charge in [0.15, 0.2) is 5.69 Å². The van der Waals surface area contributed by atoms with Crippen LogP contribution in [0, 0.1) is 11.6 Å². The molecule has 0 spiro atoms. The second kappa shape index (κ2) is 7.21. The van der Waals surface area contributed by atoms with Crippen molar-refractivity contribution in [3.05, 3.63) is 77.1 Å². The van der Waals surface area contributed by atoms with E-state index in [0.717, 1.165) is 30.3 Å². The Balaban J connectivity index is 1.67. The first-order chi connectivity index (χ1) is 12.0. The number of nitrogens with zero attached hydrogens (tertiary/aromatic N) is 3. The summed E-state index contributed by atoms with van der Waals surface area (Å²) in [4.78, 5) is 12.1. The van der Waals surface area contributed by atoms with Crippen molar-refractivity contribution in [2.24, 2.45) is 0 Å². The van der Waals surface area contributed by atoms with Crippen LogP contribution in [0.4, 0.5) is 8.78 Å². The van der Waals surface area contributed by atoms with Gasteiger partial charge in [-0.05, 0) is 41.8 Å². The zero-order valence-corrected chi connectivity index (χ0v) is 13.5. The fourth-order valence-electron chi connectivity index (χ4n) is 2.36. The summed E-state index contributed by atoms with van der Waals surface area (Å²) < 4.78 is 27.8. The van der Waals surface area contributed by atoms with Gasteiger partial charge in [-0.3, -0.25) is 4.79 Å². The first-order valence-electron chi connectivity index (χ1n) is 7.80. The number of halogens is 2. The summed E-state index contributed by atoms with van der Waals surface area (Å²) in [6, 6.07) is 10.9. The van der Waals surface area contributed by atoms with Gasteiger partial charge in [-0.2, -0.15) is 0 Å². The van der Waals surface area contributed by atoms with E-state index in [4.69, 9.17) is 0 Å². The fourth-order valence-corrected chi connectivity index (χ4v) is 2.36. The van der Waals surface area contributed by atoms with Crippen LogP contribution < -0.4 is 5.32 Å². The van der Waals surface area contributed by atoms with Crippen molar-refractivity contribution in [3.63, 3.8) is 0 Å². The smallest absolute Gasteiger partial charge is 0.273 e. The fraction of sp³-hybridized carbons (Fsp3) is 0.167. The summed E-state index contributed by atoms with van der Waals surface area (Å²) in [5.41, 5.74) is 2.44. The van der Waals surface area contributed by atoms with Crippen LogP contribution in [0.1, 0.15) is 28.5 Å². The molecule has 1 aromatic heterocycles. The van der Waals surface area contributed by atoms with Crippen molar-refractivity contribution in [1.29, 1.82) is 0 Å². The lowest BCUT2D eigenvalue weighted by atomic mass is 10.1. The molecule has 0 atom stereocenters. The van der Waals surface area contributed by atoms with E-state index in [1.165, 1.54) is 16.4 Å². The third-order valence-electron chi connectivity index (χ3n) is 3.71. The molecule has 0 fully saturated rings. The molecule has 25 heavy (non-hydrogen) atoms. The Bertz CT molecular complexity index is 870. The number of hydrogen-bond donors (Lipinski definition) is 1. The summed E-state index contributed by atoms with van der Waals surface area (Å²) in [5.74, 6) is -1.85. The third-order valence-corrected chi connectivity index (χ3v) is 3.71. The van der Waals surface area contributed by atoms with E-state index in [0.29, 0.717) is 5.56 Å². The summed E-state index contributed by atoms with van der Waals surface area (Å²) in [6.07, 6.45) is 2.44. The largest absolute Gasteiger partial charge is 0.347 e.